The Balaban J connectivity index is 1.47. The van der Waals surface area contributed by atoms with Crippen molar-refractivity contribution in [3.05, 3.63) is 64.7 Å². The van der Waals surface area contributed by atoms with Crippen LogP contribution in [0.3, 0.4) is 0 Å². The van der Waals surface area contributed by atoms with Crippen LogP contribution in [0, 0.1) is 17.6 Å². The van der Waals surface area contributed by atoms with Crippen LogP contribution < -0.4 is 10.1 Å². The Kier molecular flexibility index (Phi) is 7.85. The van der Waals surface area contributed by atoms with Crippen LogP contribution in [-0.2, 0) is 24.1 Å². The van der Waals surface area contributed by atoms with Crippen molar-refractivity contribution in [3.8, 4) is 5.75 Å². The zero-order chi connectivity index (χ0) is 23.3. The van der Waals surface area contributed by atoms with Crippen LogP contribution in [0.25, 0.3) is 0 Å². The second-order valence-electron chi connectivity index (χ2n) is 9.26. The molecule has 0 bridgehead atoms. The van der Waals surface area contributed by atoms with Crippen LogP contribution in [-0.4, -0.2) is 41.0 Å². The number of carbonyl (C=O) groups is 1. The minimum atomic E-state index is -1.15. The van der Waals surface area contributed by atoms with Gasteiger partial charge in [-0.2, -0.15) is 4.39 Å². The Morgan fingerprint density at radius 2 is 1.88 bits per heavy atom. The van der Waals surface area contributed by atoms with Crippen LogP contribution in [0.5, 0.6) is 5.75 Å². The fourth-order valence-electron chi connectivity index (χ4n) is 4.35. The van der Waals surface area contributed by atoms with Crippen LogP contribution >= 0.6 is 0 Å². The minimum Gasteiger partial charge on any atom is -0.488 e. The molecule has 0 spiro atoms. The molecule has 0 saturated carbocycles. The summed E-state index contributed by atoms with van der Waals surface area (Å²) in [5, 5.41) is 22.4. The maximum atomic E-state index is 14.0. The third kappa shape index (κ3) is 6.74. The molecule has 5 nitrogen and oxygen atoms in total. The summed E-state index contributed by atoms with van der Waals surface area (Å²) in [5.74, 6) is -3.07. The van der Waals surface area contributed by atoms with Gasteiger partial charge < -0.3 is 20.3 Å². The first-order valence-corrected chi connectivity index (χ1v) is 11.0. The summed E-state index contributed by atoms with van der Waals surface area (Å²) in [5.41, 5.74) is 2.93. The molecule has 1 aliphatic carbocycles. The molecular weight excluding hydrogens is 416 g/mol. The number of aliphatic hydroxyl groups excluding tert-OH is 1. The number of aryl methyl sites for hydroxylation is 1. The van der Waals surface area contributed by atoms with Gasteiger partial charge in [0.1, 0.15) is 12.7 Å². The van der Waals surface area contributed by atoms with Crippen molar-refractivity contribution in [1.29, 1.82) is 0 Å². The summed E-state index contributed by atoms with van der Waals surface area (Å²) in [6.07, 6.45) is 2.00. The van der Waals surface area contributed by atoms with Gasteiger partial charge in [-0.1, -0.05) is 24.3 Å². The molecule has 0 aliphatic heterocycles. The fourth-order valence-corrected chi connectivity index (χ4v) is 4.35. The third-order valence-corrected chi connectivity index (χ3v) is 5.86. The first-order chi connectivity index (χ1) is 15.1. The van der Waals surface area contributed by atoms with Gasteiger partial charge >= 0.3 is 5.97 Å². The number of aliphatic carboxylic acids is 1. The van der Waals surface area contributed by atoms with Gasteiger partial charge in [0.2, 0.25) is 5.82 Å². The largest absolute Gasteiger partial charge is 0.488 e. The van der Waals surface area contributed by atoms with Crippen molar-refractivity contribution in [2.75, 3.05) is 13.2 Å². The number of β-amino-alcohol motifs (C(OH)–C–C–N with tert-alkyl or cyclic N) is 1. The van der Waals surface area contributed by atoms with Gasteiger partial charge in [-0.15, -0.1) is 0 Å². The number of benzene rings is 2. The Morgan fingerprint density at radius 1 is 1.22 bits per heavy atom. The molecule has 1 aliphatic rings. The average Bonchev–Trinajstić information content (AvgIpc) is 3.13. The lowest BCUT2D eigenvalue weighted by molar-refractivity contribution is -0.136. The van der Waals surface area contributed by atoms with E-state index in [1.807, 2.05) is 0 Å². The second-order valence-corrected chi connectivity index (χ2v) is 9.26. The van der Waals surface area contributed by atoms with Gasteiger partial charge in [0.05, 0.1) is 0 Å². The van der Waals surface area contributed by atoms with Crippen LogP contribution in [0.4, 0.5) is 8.78 Å². The summed E-state index contributed by atoms with van der Waals surface area (Å²) in [6, 6.07) is 10.7. The normalized spacial score (nSPS) is 14.9. The Bertz CT molecular complexity index is 923. The summed E-state index contributed by atoms with van der Waals surface area (Å²) in [4.78, 5) is 10.7. The number of hydrogen-bond donors (Lipinski definition) is 3. The van der Waals surface area contributed by atoms with Gasteiger partial charge in [-0.3, -0.25) is 4.79 Å². The van der Waals surface area contributed by atoms with E-state index >= 15 is 0 Å². The predicted octanol–water partition coefficient (Wildman–Crippen LogP) is 3.90. The van der Waals surface area contributed by atoms with Crippen molar-refractivity contribution >= 4 is 5.97 Å². The van der Waals surface area contributed by atoms with E-state index in [4.69, 9.17) is 9.84 Å². The van der Waals surface area contributed by atoms with E-state index in [2.05, 4.69) is 43.4 Å². The third-order valence-electron chi connectivity index (χ3n) is 5.86. The minimum absolute atomic E-state index is 0.0617. The number of rotatable bonds is 11. The van der Waals surface area contributed by atoms with E-state index in [0.29, 0.717) is 11.5 Å². The zero-order valence-corrected chi connectivity index (χ0v) is 18.5. The van der Waals surface area contributed by atoms with Gasteiger partial charge in [0.15, 0.2) is 11.6 Å². The fraction of sp³-hybridized carbons (Fsp3) is 0.480. The summed E-state index contributed by atoms with van der Waals surface area (Å²) < 4.78 is 33.2. The van der Waals surface area contributed by atoms with Crippen molar-refractivity contribution in [2.24, 2.45) is 5.92 Å². The molecule has 0 heterocycles. The zero-order valence-electron chi connectivity index (χ0n) is 18.5. The molecule has 174 valence electrons. The number of halogens is 2. The van der Waals surface area contributed by atoms with Crippen molar-refractivity contribution in [3.63, 3.8) is 0 Å². The van der Waals surface area contributed by atoms with Crippen molar-refractivity contribution in [1.82, 2.24) is 5.32 Å². The highest BCUT2D eigenvalue weighted by Gasteiger charge is 2.28. The molecular formula is C25H31F2NO4. The lowest BCUT2D eigenvalue weighted by Crippen LogP contribution is -2.46. The van der Waals surface area contributed by atoms with Crippen LogP contribution in [0.2, 0.25) is 0 Å². The van der Waals surface area contributed by atoms with E-state index in [0.717, 1.165) is 25.3 Å². The summed E-state index contributed by atoms with van der Waals surface area (Å²) in [7, 11) is 0. The van der Waals surface area contributed by atoms with Crippen molar-refractivity contribution < 1.29 is 28.5 Å². The molecule has 0 radical (unpaired) electrons. The monoisotopic (exact) mass is 447 g/mol. The first-order valence-electron chi connectivity index (χ1n) is 11.0. The highest BCUT2D eigenvalue weighted by atomic mass is 19.2. The number of ether oxygens (including phenoxy) is 1. The molecule has 7 heteroatoms. The number of aliphatic hydroxyl groups is 1. The van der Waals surface area contributed by atoms with E-state index in [-0.39, 0.29) is 37.3 Å². The molecule has 2 aromatic rings. The van der Waals surface area contributed by atoms with Gasteiger partial charge in [0, 0.05) is 18.5 Å². The van der Waals surface area contributed by atoms with E-state index < -0.39 is 23.7 Å². The molecule has 0 aromatic heterocycles. The Hall–Kier alpha value is -2.51. The molecule has 0 fully saturated rings. The van der Waals surface area contributed by atoms with Gasteiger partial charge in [-0.05, 0) is 74.3 Å². The van der Waals surface area contributed by atoms with E-state index in [1.165, 1.54) is 17.2 Å². The highest BCUT2D eigenvalue weighted by molar-refractivity contribution is 5.67. The Labute approximate surface area is 187 Å². The number of carboxylic acids is 1. The molecule has 3 rings (SSSR count). The first kappa shape index (κ1) is 24.1. The molecule has 0 unspecified atom stereocenters. The molecule has 0 saturated heterocycles. The molecule has 32 heavy (non-hydrogen) atoms. The van der Waals surface area contributed by atoms with E-state index in [1.54, 1.807) is 0 Å². The summed E-state index contributed by atoms with van der Waals surface area (Å²) in [6.45, 7) is 4.21. The molecule has 0 amide bonds. The predicted molar refractivity (Wildman–Crippen MR) is 118 cm³/mol. The van der Waals surface area contributed by atoms with Gasteiger partial charge in [0.25, 0.3) is 0 Å². The summed E-state index contributed by atoms with van der Waals surface area (Å²) >= 11 is 0. The quantitative estimate of drug-likeness (QED) is 0.487. The Morgan fingerprint density at radius 3 is 2.50 bits per heavy atom. The highest BCUT2D eigenvalue weighted by Crippen LogP contribution is 2.32. The lowest BCUT2D eigenvalue weighted by atomic mass is 9.88. The topological polar surface area (TPSA) is 78.8 Å². The smallest absolute Gasteiger partial charge is 0.303 e. The number of fused-ring (bicyclic) bond motifs is 1. The maximum absolute atomic E-state index is 14.0. The van der Waals surface area contributed by atoms with Crippen molar-refractivity contribution in [2.45, 2.75) is 57.6 Å². The SMILES string of the molecule is CC(C)(CC1Cc2ccccc2C1)NC[C@@H](O)COc1cc(CCC(=O)O)cc(F)c1F. The number of hydrogen-bond acceptors (Lipinski definition) is 4. The number of nitrogens with one attached hydrogen (secondary N) is 1. The van der Waals surface area contributed by atoms with Crippen LogP contribution in [0.1, 0.15) is 43.4 Å². The van der Waals surface area contributed by atoms with Crippen LogP contribution in [0.15, 0.2) is 36.4 Å². The average molecular weight is 448 g/mol. The maximum Gasteiger partial charge on any atom is 0.303 e. The second kappa shape index (κ2) is 10.4. The molecule has 1 atom stereocenters. The molecule has 3 N–H and O–H groups in total. The van der Waals surface area contributed by atoms with E-state index in [9.17, 15) is 18.7 Å². The number of carboxylic acid groups (broad SMARTS) is 1. The molecule has 2 aromatic carbocycles. The lowest BCUT2D eigenvalue weighted by Gasteiger charge is -2.30. The standard InChI is InChI=1S/C25H31F2NO4/c1-25(2,13-17-9-18-5-3-4-6-19(18)10-17)28-14-20(29)15-32-22-12-16(7-8-23(30)31)11-21(26)24(22)27/h3-6,11-12,17,20,28-29H,7-10,13-15H2,1-2H3,(H,30,31)/t20-/m1/s1. The van der Waals surface area contributed by atoms with Gasteiger partial charge in [-0.25, -0.2) is 4.39 Å².